The summed E-state index contributed by atoms with van der Waals surface area (Å²) in [6, 6.07) is 16.9. The van der Waals surface area contributed by atoms with Gasteiger partial charge in [-0.3, -0.25) is 0 Å². The third-order valence-electron chi connectivity index (χ3n) is 6.74. The molecule has 0 aromatic heterocycles. The number of rotatable bonds is 4. The monoisotopic (exact) mass is 514 g/mol. The first-order valence-electron chi connectivity index (χ1n) is 12.5. The van der Waals surface area contributed by atoms with Gasteiger partial charge in [-0.05, 0) is 87.2 Å². The van der Waals surface area contributed by atoms with E-state index < -0.39 is 0 Å². The number of para-hydroxylation sites is 2. The summed E-state index contributed by atoms with van der Waals surface area (Å²) >= 11 is 10.4. The fraction of sp³-hybridized carbons (Fsp3) is 0.517. The van der Waals surface area contributed by atoms with Gasteiger partial charge in [0.2, 0.25) is 0 Å². The van der Waals surface area contributed by atoms with Crippen molar-refractivity contribution in [2.24, 2.45) is 5.73 Å². The number of hydrogen-bond donors (Lipinski definition) is 1. The normalized spacial score (nSPS) is 16.2. The van der Waals surface area contributed by atoms with E-state index in [0.29, 0.717) is 17.3 Å². The van der Waals surface area contributed by atoms with Crippen molar-refractivity contribution in [1.29, 1.82) is 0 Å². The molecule has 0 heterocycles. The Bertz CT molecular complexity index is 920. The molecule has 4 nitrogen and oxygen atoms in total. The molecule has 2 aliphatic carbocycles. The predicted molar refractivity (Wildman–Crippen MR) is 155 cm³/mol. The zero-order valence-electron chi connectivity index (χ0n) is 20.5. The van der Waals surface area contributed by atoms with E-state index in [-0.39, 0.29) is 12.6 Å². The van der Waals surface area contributed by atoms with Crippen LogP contribution in [0.25, 0.3) is 0 Å². The van der Waals surface area contributed by atoms with Gasteiger partial charge in [0.25, 0.3) is 10.3 Å². The maximum Gasteiger partial charge on any atom is 0.265 e. The second kappa shape index (κ2) is 15.0. The lowest BCUT2D eigenvalue weighted by Gasteiger charge is -2.42. The Labute approximate surface area is 223 Å². The lowest BCUT2D eigenvalue weighted by Crippen LogP contribution is -2.49. The van der Waals surface area contributed by atoms with Gasteiger partial charge >= 0.3 is 0 Å². The van der Waals surface area contributed by atoms with Gasteiger partial charge in [-0.2, -0.15) is 0 Å². The molecule has 2 aliphatic rings. The van der Waals surface area contributed by atoms with Gasteiger partial charge in [-0.25, -0.2) is 0 Å². The SMILES string of the molecule is C.Cc1ccccc1OC(=S)N(C1CCCCC1)C1CCCCC1.Cc1ccccc1OC(N)=S. The Morgan fingerprint density at radius 3 is 1.51 bits per heavy atom. The van der Waals surface area contributed by atoms with Crippen LogP contribution in [0.15, 0.2) is 48.5 Å². The second-order valence-corrected chi connectivity index (χ2v) is 10.1. The largest absolute Gasteiger partial charge is 0.432 e. The number of hydrogen-bond acceptors (Lipinski definition) is 4. The zero-order chi connectivity index (χ0) is 24.3. The standard InChI is InChI=1S/C20H29NOS.C8H9NOS.CH4/c1-16-10-8-9-15-19(16)22-20(23)21(17-11-4-2-5-12-17)18-13-6-3-7-14-18;1-6-4-2-3-5-7(6)10-8(9)11;/h8-10,15,17-18H,2-7,11-14H2,1H3;2-5H,1H3,(H2,9,11);1H4. The molecule has 0 aliphatic heterocycles. The van der Waals surface area contributed by atoms with Crippen molar-refractivity contribution in [2.75, 3.05) is 0 Å². The Kier molecular flexibility index (Phi) is 12.5. The molecule has 4 rings (SSSR count). The highest BCUT2D eigenvalue weighted by atomic mass is 32.1. The van der Waals surface area contributed by atoms with Crippen molar-refractivity contribution >= 4 is 34.8 Å². The summed E-state index contributed by atoms with van der Waals surface area (Å²) in [7, 11) is 0. The summed E-state index contributed by atoms with van der Waals surface area (Å²) in [5.41, 5.74) is 7.39. The van der Waals surface area contributed by atoms with Crippen molar-refractivity contribution in [3.63, 3.8) is 0 Å². The fourth-order valence-corrected chi connectivity index (χ4v) is 5.39. The van der Waals surface area contributed by atoms with Crippen molar-refractivity contribution in [1.82, 2.24) is 4.90 Å². The van der Waals surface area contributed by atoms with Gasteiger partial charge in [0, 0.05) is 12.1 Å². The van der Waals surface area contributed by atoms with E-state index in [9.17, 15) is 0 Å². The van der Waals surface area contributed by atoms with E-state index >= 15 is 0 Å². The van der Waals surface area contributed by atoms with Gasteiger partial charge in [0.1, 0.15) is 11.5 Å². The Hall–Kier alpha value is -2.18. The molecule has 0 saturated heterocycles. The van der Waals surface area contributed by atoms with E-state index in [1.165, 1.54) is 64.2 Å². The van der Waals surface area contributed by atoms with Gasteiger partial charge in [0.15, 0.2) is 0 Å². The topological polar surface area (TPSA) is 47.7 Å². The van der Waals surface area contributed by atoms with E-state index in [1.54, 1.807) is 0 Å². The molecule has 2 aromatic carbocycles. The van der Waals surface area contributed by atoms with Crippen LogP contribution in [0.1, 0.15) is 82.8 Å². The van der Waals surface area contributed by atoms with E-state index in [2.05, 4.69) is 30.1 Å². The molecule has 2 fully saturated rings. The van der Waals surface area contributed by atoms with Crippen molar-refractivity contribution in [3.8, 4) is 11.5 Å². The quantitative estimate of drug-likeness (QED) is 0.419. The van der Waals surface area contributed by atoms with E-state index in [4.69, 9.17) is 27.4 Å². The van der Waals surface area contributed by atoms with Gasteiger partial charge in [-0.15, -0.1) is 0 Å². The van der Waals surface area contributed by atoms with Crippen LogP contribution in [-0.2, 0) is 0 Å². The highest BCUT2D eigenvalue weighted by molar-refractivity contribution is 7.80. The maximum atomic E-state index is 6.17. The third-order valence-corrected chi connectivity index (χ3v) is 7.12. The molecule has 6 heteroatoms. The molecule has 0 bridgehead atoms. The minimum atomic E-state index is 0. The molecule has 0 unspecified atom stereocenters. The first-order valence-corrected chi connectivity index (χ1v) is 13.4. The smallest absolute Gasteiger partial charge is 0.265 e. The summed E-state index contributed by atoms with van der Waals surface area (Å²) < 4.78 is 11.2. The molecule has 2 saturated carbocycles. The number of ether oxygens (including phenoxy) is 2. The Balaban J connectivity index is 0.000000305. The molecule has 0 amide bonds. The molecular formula is C29H42N2O2S2. The van der Waals surface area contributed by atoms with Crippen molar-refractivity contribution in [2.45, 2.75) is 97.6 Å². The van der Waals surface area contributed by atoms with Gasteiger partial charge < -0.3 is 20.1 Å². The summed E-state index contributed by atoms with van der Waals surface area (Å²) in [6.45, 7) is 4.02. The van der Waals surface area contributed by atoms with Gasteiger partial charge in [-0.1, -0.05) is 82.3 Å². The molecule has 192 valence electrons. The molecule has 0 radical (unpaired) electrons. The fourth-order valence-electron chi connectivity index (χ4n) is 4.91. The molecular weight excluding hydrogens is 472 g/mol. The second-order valence-electron chi connectivity index (χ2n) is 9.31. The van der Waals surface area contributed by atoms with Crippen LogP contribution in [0.5, 0.6) is 11.5 Å². The molecule has 2 aromatic rings. The van der Waals surface area contributed by atoms with Crippen LogP contribution in [-0.4, -0.2) is 27.3 Å². The van der Waals surface area contributed by atoms with Crippen LogP contribution in [0.4, 0.5) is 0 Å². The third kappa shape index (κ3) is 9.08. The van der Waals surface area contributed by atoms with Crippen molar-refractivity contribution < 1.29 is 9.47 Å². The molecule has 2 N–H and O–H groups in total. The van der Waals surface area contributed by atoms with Crippen LogP contribution in [0, 0.1) is 13.8 Å². The van der Waals surface area contributed by atoms with Crippen LogP contribution in [0.2, 0.25) is 0 Å². The zero-order valence-corrected chi connectivity index (χ0v) is 22.1. The lowest BCUT2D eigenvalue weighted by atomic mass is 9.89. The summed E-state index contributed by atoms with van der Waals surface area (Å²) in [6.07, 6.45) is 13.2. The highest BCUT2D eigenvalue weighted by Gasteiger charge is 2.31. The number of thiocarbonyl (C=S) groups is 2. The van der Waals surface area contributed by atoms with Crippen LogP contribution >= 0.6 is 24.4 Å². The minimum absolute atomic E-state index is 0. The Morgan fingerprint density at radius 1 is 0.714 bits per heavy atom. The maximum absolute atomic E-state index is 6.17. The van der Waals surface area contributed by atoms with E-state index in [1.807, 2.05) is 49.4 Å². The summed E-state index contributed by atoms with van der Waals surface area (Å²) in [4.78, 5) is 2.49. The predicted octanol–water partition coefficient (Wildman–Crippen LogP) is 7.88. The average Bonchev–Trinajstić information content (AvgIpc) is 2.84. The van der Waals surface area contributed by atoms with Crippen molar-refractivity contribution in [3.05, 3.63) is 59.7 Å². The minimum Gasteiger partial charge on any atom is -0.432 e. The number of benzene rings is 2. The summed E-state index contributed by atoms with van der Waals surface area (Å²) in [5.74, 6) is 1.63. The lowest BCUT2D eigenvalue weighted by molar-refractivity contribution is 0.140. The van der Waals surface area contributed by atoms with Crippen LogP contribution < -0.4 is 15.2 Å². The number of aryl methyl sites for hydroxylation is 2. The summed E-state index contributed by atoms with van der Waals surface area (Å²) in [5, 5.41) is 0.761. The first kappa shape index (κ1) is 29.1. The molecule has 35 heavy (non-hydrogen) atoms. The average molecular weight is 515 g/mol. The highest BCUT2D eigenvalue weighted by Crippen LogP contribution is 2.31. The number of nitrogens with two attached hydrogens (primary N) is 1. The van der Waals surface area contributed by atoms with Gasteiger partial charge in [0.05, 0.1) is 0 Å². The first-order chi connectivity index (χ1) is 16.5. The van der Waals surface area contributed by atoms with Crippen LogP contribution in [0.3, 0.4) is 0 Å². The molecule has 0 atom stereocenters. The Morgan fingerprint density at radius 2 is 1.11 bits per heavy atom. The van der Waals surface area contributed by atoms with E-state index in [0.717, 1.165) is 22.6 Å². The molecule has 0 spiro atoms. The number of nitrogens with zero attached hydrogens (tertiary/aromatic N) is 1.